The lowest BCUT2D eigenvalue weighted by Gasteiger charge is -2.42. The average Bonchev–Trinajstić information content (AvgIpc) is 2.80. The van der Waals surface area contributed by atoms with Gasteiger partial charge >= 0.3 is 6.03 Å². The molecule has 0 aromatic rings. The maximum atomic E-state index is 11.9. The summed E-state index contributed by atoms with van der Waals surface area (Å²) in [6, 6.07) is -1.56. The van der Waals surface area contributed by atoms with Gasteiger partial charge < -0.3 is 14.9 Å². The van der Waals surface area contributed by atoms with Crippen LogP contribution < -0.4 is 5.32 Å². The molecule has 0 saturated carbocycles. The van der Waals surface area contributed by atoms with Crippen molar-refractivity contribution in [1.82, 2.24) is 10.2 Å². The van der Waals surface area contributed by atoms with Crippen molar-refractivity contribution in [2.45, 2.75) is 42.8 Å². The van der Waals surface area contributed by atoms with E-state index in [1.165, 1.54) is 6.92 Å². The molecular formula is C10H14ClN5O5. The Morgan fingerprint density at radius 3 is 2.90 bits per heavy atom. The molecule has 3 N–H and O–H groups in total. The molecule has 2 fully saturated rings. The second kappa shape index (κ2) is 5.66. The standard InChI is InChI=1S/C10H14ClN5O5/c1-10(11)7(18)13-9(20)16(8(10)19)6-2-4(14-15-12)5(3-17)21-6/h4-6,8,17,19H,2-3H2,1H3,(H,13,18,20)/t4?,5-,6-,8?,10?/m1/s1. The van der Waals surface area contributed by atoms with E-state index in [1.807, 2.05) is 5.32 Å². The van der Waals surface area contributed by atoms with Crippen LogP contribution in [0.1, 0.15) is 13.3 Å². The third-order valence-corrected chi connectivity index (χ3v) is 3.91. The van der Waals surface area contributed by atoms with Gasteiger partial charge in [0.1, 0.15) is 6.23 Å². The van der Waals surface area contributed by atoms with Gasteiger partial charge in [0.05, 0.1) is 18.8 Å². The summed E-state index contributed by atoms with van der Waals surface area (Å²) in [6.07, 6.45) is -3.32. The van der Waals surface area contributed by atoms with Gasteiger partial charge in [-0.05, 0) is 12.5 Å². The van der Waals surface area contributed by atoms with Crippen molar-refractivity contribution in [2.24, 2.45) is 5.11 Å². The van der Waals surface area contributed by atoms with Gasteiger partial charge in [-0.25, -0.2) is 4.79 Å². The number of azide groups is 1. The Labute approximate surface area is 124 Å². The molecule has 2 aliphatic rings. The first-order chi connectivity index (χ1) is 9.82. The third kappa shape index (κ3) is 2.63. The fraction of sp³-hybridized carbons (Fsp3) is 0.800. The van der Waals surface area contributed by atoms with E-state index in [4.69, 9.17) is 21.9 Å². The molecule has 0 spiro atoms. The molecule has 2 aliphatic heterocycles. The monoisotopic (exact) mass is 319 g/mol. The van der Waals surface area contributed by atoms with E-state index >= 15 is 0 Å². The summed E-state index contributed by atoms with van der Waals surface area (Å²) in [5, 5.41) is 24.8. The van der Waals surface area contributed by atoms with Crippen LogP contribution in [0.15, 0.2) is 5.11 Å². The topological polar surface area (TPSA) is 148 Å². The summed E-state index contributed by atoms with van der Waals surface area (Å²) in [5.74, 6) is -0.818. The molecule has 3 amide bonds. The fourth-order valence-corrected chi connectivity index (χ4v) is 2.45. The number of nitrogens with zero attached hydrogens (tertiary/aromatic N) is 4. The van der Waals surface area contributed by atoms with Gasteiger partial charge in [0, 0.05) is 11.3 Å². The Hall–Kier alpha value is -1.58. The Morgan fingerprint density at radius 2 is 2.33 bits per heavy atom. The van der Waals surface area contributed by atoms with Gasteiger partial charge in [0.2, 0.25) is 0 Å². The zero-order valence-corrected chi connectivity index (χ0v) is 11.8. The number of amides is 3. The Bertz CT molecular complexity index is 508. The molecule has 0 aromatic heterocycles. The molecule has 116 valence electrons. The minimum Gasteiger partial charge on any atom is -0.394 e. The Morgan fingerprint density at radius 1 is 1.67 bits per heavy atom. The number of urea groups is 1. The van der Waals surface area contributed by atoms with Gasteiger partial charge in [-0.1, -0.05) is 5.11 Å². The van der Waals surface area contributed by atoms with Crippen molar-refractivity contribution >= 4 is 23.5 Å². The predicted octanol–water partition coefficient (Wildman–Crippen LogP) is -0.360. The summed E-state index contributed by atoms with van der Waals surface area (Å²) in [4.78, 5) is 25.2. The third-order valence-electron chi connectivity index (χ3n) is 3.54. The molecule has 0 radical (unpaired) electrons. The van der Waals surface area contributed by atoms with Crippen LogP contribution >= 0.6 is 11.6 Å². The van der Waals surface area contributed by atoms with E-state index in [9.17, 15) is 19.8 Å². The van der Waals surface area contributed by atoms with Crippen LogP contribution in [0.3, 0.4) is 0 Å². The van der Waals surface area contributed by atoms with Crippen molar-refractivity contribution in [1.29, 1.82) is 0 Å². The molecule has 5 atom stereocenters. The summed E-state index contributed by atoms with van der Waals surface area (Å²) < 4.78 is 5.40. The van der Waals surface area contributed by atoms with E-state index in [0.29, 0.717) is 0 Å². The number of alkyl halides is 1. The Balaban J connectivity index is 2.23. The maximum Gasteiger partial charge on any atom is 0.328 e. The molecule has 11 heteroatoms. The lowest BCUT2D eigenvalue weighted by Crippen LogP contribution is -2.68. The van der Waals surface area contributed by atoms with Crippen LogP contribution in [0.2, 0.25) is 0 Å². The van der Waals surface area contributed by atoms with Crippen molar-refractivity contribution in [3.63, 3.8) is 0 Å². The number of ether oxygens (including phenoxy) is 1. The number of carbonyl (C=O) groups excluding carboxylic acids is 2. The second-order valence-electron chi connectivity index (χ2n) is 4.94. The molecular weight excluding hydrogens is 306 g/mol. The first-order valence-corrected chi connectivity index (χ1v) is 6.52. The maximum absolute atomic E-state index is 11.9. The summed E-state index contributed by atoms with van der Waals surface area (Å²) in [6.45, 7) is 0.847. The van der Waals surface area contributed by atoms with Crippen LogP contribution in [0.4, 0.5) is 4.79 Å². The molecule has 10 nitrogen and oxygen atoms in total. The van der Waals surface area contributed by atoms with Crippen molar-refractivity contribution < 1.29 is 24.5 Å². The SMILES string of the molecule is CC1(Cl)C(=O)NC(=O)N([C@H]2CC(N=[N+]=[N-])[C@@H](CO)O2)C1O. The number of imide groups is 1. The number of aliphatic hydroxyl groups is 2. The highest BCUT2D eigenvalue weighted by Crippen LogP contribution is 2.33. The summed E-state index contributed by atoms with van der Waals surface area (Å²) in [7, 11) is 0. The minimum absolute atomic E-state index is 0.0704. The quantitative estimate of drug-likeness (QED) is 0.281. The van der Waals surface area contributed by atoms with Crippen LogP contribution in [0, 0.1) is 0 Å². The van der Waals surface area contributed by atoms with Crippen LogP contribution in [0.25, 0.3) is 10.4 Å². The zero-order valence-electron chi connectivity index (χ0n) is 11.0. The zero-order chi connectivity index (χ0) is 15.8. The fourth-order valence-electron chi connectivity index (χ4n) is 2.30. The Kier molecular flexibility index (Phi) is 4.26. The summed E-state index contributed by atoms with van der Waals surface area (Å²) in [5.41, 5.74) is 8.47. The molecule has 0 aromatic carbocycles. The molecule has 2 saturated heterocycles. The number of nitrogens with one attached hydrogen (secondary N) is 1. The molecule has 2 rings (SSSR count). The van der Waals surface area contributed by atoms with Gasteiger partial charge in [0.25, 0.3) is 5.91 Å². The van der Waals surface area contributed by atoms with E-state index in [2.05, 4.69) is 10.0 Å². The van der Waals surface area contributed by atoms with Crippen molar-refractivity contribution in [2.75, 3.05) is 6.61 Å². The van der Waals surface area contributed by atoms with Gasteiger partial charge in [-0.3, -0.25) is 15.0 Å². The van der Waals surface area contributed by atoms with E-state index in [0.717, 1.165) is 4.90 Å². The highest BCUT2D eigenvalue weighted by Gasteiger charge is 2.53. The predicted molar refractivity (Wildman–Crippen MR) is 68.9 cm³/mol. The number of halogens is 1. The van der Waals surface area contributed by atoms with Crippen molar-refractivity contribution in [3.8, 4) is 0 Å². The molecule has 2 heterocycles. The molecule has 0 bridgehead atoms. The van der Waals surface area contributed by atoms with Gasteiger partial charge in [-0.15, -0.1) is 11.6 Å². The average molecular weight is 320 g/mol. The van der Waals surface area contributed by atoms with Gasteiger partial charge in [-0.2, -0.15) is 0 Å². The highest BCUT2D eigenvalue weighted by atomic mass is 35.5. The second-order valence-corrected chi connectivity index (χ2v) is 5.72. The number of hydrogen-bond acceptors (Lipinski definition) is 6. The first kappa shape index (κ1) is 15.8. The van der Waals surface area contributed by atoms with E-state index in [-0.39, 0.29) is 6.42 Å². The lowest BCUT2D eigenvalue weighted by atomic mass is 10.0. The number of hydrogen-bond donors (Lipinski definition) is 3. The van der Waals surface area contributed by atoms with E-state index in [1.54, 1.807) is 0 Å². The highest BCUT2D eigenvalue weighted by molar-refractivity contribution is 6.36. The van der Waals surface area contributed by atoms with E-state index < -0.39 is 48.0 Å². The lowest BCUT2D eigenvalue weighted by molar-refractivity contribution is -0.148. The van der Waals surface area contributed by atoms with Crippen LogP contribution in [-0.4, -0.2) is 63.1 Å². The first-order valence-electron chi connectivity index (χ1n) is 6.14. The molecule has 0 aliphatic carbocycles. The number of aliphatic hydroxyl groups excluding tert-OH is 2. The molecule has 3 unspecified atom stereocenters. The number of carbonyl (C=O) groups is 2. The number of rotatable bonds is 3. The van der Waals surface area contributed by atoms with Crippen molar-refractivity contribution in [3.05, 3.63) is 10.4 Å². The smallest absolute Gasteiger partial charge is 0.328 e. The van der Waals surface area contributed by atoms with Crippen LogP contribution in [0.5, 0.6) is 0 Å². The molecule has 21 heavy (non-hydrogen) atoms. The van der Waals surface area contributed by atoms with Gasteiger partial charge in [0.15, 0.2) is 11.1 Å². The summed E-state index contributed by atoms with van der Waals surface area (Å²) >= 11 is 5.94. The minimum atomic E-state index is -1.73. The normalized spacial score (nSPS) is 39.9. The van der Waals surface area contributed by atoms with Crippen LogP contribution in [-0.2, 0) is 9.53 Å². The largest absolute Gasteiger partial charge is 0.394 e.